The highest BCUT2D eigenvalue weighted by Crippen LogP contribution is 2.29. The number of carbonyl (C=O) groups excluding carboxylic acids is 1. The molecule has 1 N–H and O–H groups in total. The third-order valence-electron chi connectivity index (χ3n) is 3.13. The van der Waals surface area contributed by atoms with Crippen LogP contribution in [0.2, 0.25) is 0 Å². The lowest BCUT2D eigenvalue weighted by Gasteiger charge is -2.13. The largest absolute Gasteiger partial charge is 0.489 e. The molecule has 3 rings (SSSR count). The number of nitrogens with one attached hydrogen (secondary N) is 1. The van der Waals surface area contributed by atoms with Gasteiger partial charge in [0.25, 0.3) is 5.91 Å². The van der Waals surface area contributed by atoms with Crippen LogP contribution in [-0.4, -0.2) is 12.2 Å². The summed E-state index contributed by atoms with van der Waals surface area (Å²) < 4.78 is 5.83. The van der Waals surface area contributed by atoms with Crippen LogP contribution in [-0.2, 0) is 11.4 Å². The molecular formula is C16H14N2O2. The van der Waals surface area contributed by atoms with Gasteiger partial charge in [-0.25, -0.2) is 0 Å². The average molecular weight is 266 g/mol. The van der Waals surface area contributed by atoms with E-state index in [9.17, 15) is 4.79 Å². The van der Waals surface area contributed by atoms with E-state index in [2.05, 4.69) is 10.3 Å². The fraction of sp³-hybridized carbons (Fsp3) is 0.125. The van der Waals surface area contributed by atoms with E-state index < -0.39 is 6.04 Å². The van der Waals surface area contributed by atoms with Crippen LogP contribution in [0.5, 0.6) is 5.75 Å². The van der Waals surface area contributed by atoms with Gasteiger partial charge in [0.15, 0.2) is 6.04 Å². The second-order valence-electron chi connectivity index (χ2n) is 4.50. The number of aliphatic imine (C=N–C) groups is 1. The summed E-state index contributed by atoms with van der Waals surface area (Å²) in [5, 5.41) is 2.58. The summed E-state index contributed by atoms with van der Waals surface area (Å²) in [7, 11) is 0. The van der Waals surface area contributed by atoms with Gasteiger partial charge >= 0.3 is 0 Å². The number of para-hydroxylation sites is 1. The Bertz CT molecular complexity index is 638. The quantitative estimate of drug-likeness (QED) is 0.924. The molecule has 1 aliphatic rings. The van der Waals surface area contributed by atoms with Crippen molar-refractivity contribution in [2.24, 2.45) is 4.99 Å². The van der Waals surface area contributed by atoms with Gasteiger partial charge in [-0.15, -0.1) is 0 Å². The standard InChI is InChI=1S/C16H14N2O2/c19-16-15(17-11-18-16)13-8-4-5-9-14(13)20-10-12-6-2-1-3-7-12/h1-9,11,15H,10H2,(H,17,18,19). The summed E-state index contributed by atoms with van der Waals surface area (Å²) in [6.45, 7) is 0.468. The van der Waals surface area contributed by atoms with Crippen LogP contribution in [0.1, 0.15) is 17.2 Å². The molecule has 0 aliphatic carbocycles. The van der Waals surface area contributed by atoms with Gasteiger partial charge in [0.05, 0.1) is 6.34 Å². The smallest absolute Gasteiger partial charge is 0.254 e. The highest BCUT2D eigenvalue weighted by atomic mass is 16.5. The maximum Gasteiger partial charge on any atom is 0.254 e. The van der Waals surface area contributed by atoms with Crippen molar-refractivity contribution in [3.63, 3.8) is 0 Å². The molecule has 0 saturated heterocycles. The van der Waals surface area contributed by atoms with Gasteiger partial charge in [-0.1, -0.05) is 48.5 Å². The minimum absolute atomic E-state index is 0.124. The summed E-state index contributed by atoms with van der Waals surface area (Å²) >= 11 is 0. The van der Waals surface area contributed by atoms with Crippen molar-refractivity contribution in [1.29, 1.82) is 0 Å². The van der Waals surface area contributed by atoms with Gasteiger partial charge in [-0.05, 0) is 11.6 Å². The normalized spacial score (nSPS) is 17.0. The van der Waals surface area contributed by atoms with Crippen molar-refractivity contribution in [2.75, 3.05) is 0 Å². The average Bonchev–Trinajstić information content (AvgIpc) is 2.92. The van der Waals surface area contributed by atoms with Gasteiger partial charge in [-0.3, -0.25) is 9.79 Å². The number of rotatable bonds is 4. The number of benzene rings is 2. The maximum absolute atomic E-state index is 11.7. The van der Waals surface area contributed by atoms with Gasteiger partial charge in [0.1, 0.15) is 12.4 Å². The van der Waals surface area contributed by atoms with Gasteiger partial charge in [-0.2, -0.15) is 0 Å². The Balaban J connectivity index is 1.80. The van der Waals surface area contributed by atoms with Gasteiger partial charge < -0.3 is 10.1 Å². The Labute approximate surface area is 117 Å². The molecule has 1 unspecified atom stereocenters. The zero-order valence-electron chi connectivity index (χ0n) is 10.8. The van der Waals surface area contributed by atoms with Crippen LogP contribution in [0.15, 0.2) is 59.6 Å². The monoisotopic (exact) mass is 266 g/mol. The van der Waals surface area contributed by atoms with Crippen molar-refractivity contribution in [1.82, 2.24) is 5.32 Å². The van der Waals surface area contributed by atoms with Gasteiger partial charge in [0, 0.05) is 5.56 Å². The first-order valence-corrected chi connectivity index (χ1v) is 6.42. The van der Waals surface area contributed by atoms with E-state index in [1.165, 1.54) is 6.34 Å². The Hall–Kier alpha value is -2.62. The molecule has 4 nitrogen and oxygen atoms in total. The van der Waals surface area contributed by atoms with Crippen LogP contribution in [0.3, 0.4) is 0 Å². The third-order valence-corrected chi connectivity index (χ3v) is 3.13. The van der Waals surface area contributed by atoms with Crippen LogP contribution in [0.25, 0.3) is 0 Å². The summed E-state index contributed by atoms with van der Waals surface area (Å²) in [5.74, 6) is 0.566. The molecule has 2 aromatic carbocycles. The lowest BCUT2D eigenvalue weighted by molar-refractivity contribution is -0.120. The summed E-state index contributed by atoms with van der Waals surface area (Å²) in [6.07, 6.45) is 1.43. The third kappa shape index (κ3) is 2.54. The Morgan fingerprint density at radius 1 is 1.05 bits per heavy atom. The molecule has 1 aliphatic heterocycles. The van der Waals surface area contributed by atoms with Crippen LogP contribution in [0, 0.1) is 0 Å². The van der Waals surface area contributed by atoms with E-state index in [4.69, 9.17) is 4.74 Å². The molecule has 0 saturated carbocycles. The van der Waals surface area contributed by atoms with Gasteiger partial charge in [0.2, 0.25) is 0 Å². The Morgan fingerprint density at radius 3 is 2.55 bits per heavy atom. The first-order chi connectivity index (χ1) is 9.84. The summed E-state index contributed by atoms with van der Waals surface area (Å²) in [6, 6.07) is 16.9. The summed E-state index contributed by atoms with van der Waals surface area (Å²) in [5.41, 5.74) is 1.87. The molecule has 0 aromatic heterocycles. The maximum atomic E-state index is 11.7. The molecule has 0 bridgehead atoms. The molecule has 2 aromatic rings. The first-order valence-electron chi connectivity index (χ1n) is 6.42. The number of carbonyl (C=O) groups is 1. The Morgan fingerprint density at radius 2 is 1.80 bits per heavy atom. The summed E-state index contributed by atoms with van der Waals surface area (Å²) in [4.78, 5) is 15.8. The Kier molecular flexibility index (Phi) is 3.46. The molecule has 0 fully saturated rings. The van der Waals surface area contributed by atoms with E-state index in [-0.39, 0.29) is 5.91 Å². The second kappa shape index (κ2) is 5.57. The fourth-order valence-corrected chi connectivity index (χ4v) is 2.12. The number of hydrogen-bond acceptors (Lipinski definition) is 3. The van der Waals surface area contributed by atoms with Crippen molar-refractivity contribution >= 4 is 12.2 Å². The molecule has 0 radical (unpaired) electrons. The minimum Gasteiger partial charge on any atom is -0.489 e. The van der Waals surface area contributed by atoms with Crippen molar-refractivity contribution < 1.29 is 9.53 Å². The molecule has 0 spiro atoms. The van der Waals surface area contributed by atoms with Crippen LogP contribution in [0.4, 0.5) is 0 Å². The highest BCUT2D eigenvalue weighted by molar-refractivity contribution is 5.97. The predicted octanol–water partition coefficient (Wildman–Crippen LogP) is 2.46. The highest BCUT2D eigenvalue weighted by Gasteiger charge is 2.25. The molecule has 1 atom stereocenters. The fourth-order valence-electron chi connectivity index (χ4n) is 2.12. The number of amides is 1. The van der Waals surface area contributed by atoms with Crippen molar-refractivity contribution in [3.8, 4) is 5.75 Å². The molecule has 1 amide bonds. The number of nitrogens with zero attached hydrogens (tertiary/aromatic N) is 1. The van der Waals surface area contributed by atoms with E-state index >= 15 is 0 Å². The minimum atomic E-state index is -0.512. The molecule has 1 heterocycles. The SMILES string of the molecule is O=C1NC=NC1c1ccccc1OCc1ccccc1. The van der Waals surface area contributed by atoms with Crippen LogP contribution >= 0.6 is 0 Å². The lowest BCUT2D eigenvalue weighted by Crippen LogP contribution is -2.19. The van der Waals surface area contributed by atoms with Crippen molar-refractivity contribution in [2.45, 2.75) is 12.6 Å². The molecule has 4 heteroatoms. The molecular weight excluding hydrogens is 252 g/mol. The van der Waals surface area contributed by atoms with E-state index in [1.54, 1.807) is 0 Å². The lowest BCUT2D eigenvalue weighted by atomic mass is 10.1. The topological polar surface area (TPSA) is 50.7 Å². The van der Waals surface area contributed by atoms with E-state index in [0.717, 1.165) is 11.1 Å². The zero-order valence-corrected chi connectivity index (χ0v) is 10.8. The molecule has 20 heavy (non-hydrogen) atoms. The number of ether oxygens (including phenoxy) is 1. The predicted molar refractivity (Wildman–Crippen MR) is 76.6 cm³/mol. The second-order valence-corrected chi connectivity index (χ2v) is 4.50. The van der Waals surface area contributed by atoms with Crippen molar-refractivity contribution in [3.05, 3.63) is 65.7 Å². The zero-order chi connectivity index (χ0) is 13.8. The van der Waals surface area contributed by atoms with Crippen LogP contribution < -0.4 is 10.1 Å². The number of hydrogen-bond donors (Lipinski definition) is 1. The first kappa shape index (κ1) is 12.4. The molecule has 100 valence electrons. The van der Waals surface area contributed by atoms with E-state index in [1.807, 2.05) is 54.6 Å². The van der Waals surface area contributed by atoms with E-state index in [0.29, 0.717) is 12.4 Å².